The minimum Gasteiger partial charge on any atom is -0.309 e. The molecule has 0 fully saturated rings. The predicted molar refractivity (Wildman–Crippen MR) is 124 cm³/mol. The Morgan fingerprint density at radius 2 is 1.47 bits per heavy atom. The average molecular weight is 470 g/mol. The maximum Gasteiger partial charge on any atom is 0.238 e. The molecule has 7 nitrogen and oxygen atoms in total. The van der Waals surface area contributed by atoms with E-state index in [1.165, 1.54) is 29.3 Å². The second-order valence-corrected chi connectivity index (χ2v) is 10.7. The Hall–Kier alpha value is -2.82. The molecule has 0 spiro atoms. The van der Waals surface area contributed by atoms with Crippen LogP contribution < -0.4 is 15.6 Å². The van der Waals surface area contributed by atoms with Crippen molar-refractivity contribution in [2.24, 2.45) is 10.3 Å². The molecule has 3 aromatic rings. The molecule has 1 aliphatic rings. The van der Waals surface area contributed by atoms with Crippen LogP contribution in [-0.2, 0) is 39.6 Å². The third-order valence-electron chi connectivity index (χ3n) is 5.43. The molecular formula is C23H23N3O4S2. The Bertz CT molecular complexity index is 1430. The number of hydrogen-bond acceptors (Lipinski definition) is 5. The highest BCUT2D eigenvalue weighted by Gasteiger charge is 2.17. The van der Waals surface area contributed by atoms with Gasteiger partial charge in [0.1, 0.15) is 0 Å². The quantitative estimate of drug-likeness (QED) is 0.477. The maximum absolute atomic E-state index is 12.3. The number of fused-ring (bicyclic) bond motifs is 1. The monoisotopic (exact) mass is 469 g/mol. The van der Waals surface area contributed by atoms with Crippen molar-refractivity contribution < 1.29 is 16.8 Å². The highest BCUT2D eigenvalue weighted by atomic mass is 32.2. The van der Waals surface area contributed by atoms with Crippen molar-refractivity contribution >= 4 is 32.2 Å². The summed E-state index contributed by atoms with van der Waals surface area (Å²) in [4.78, 5) is -0.0680. The van der Waals surface area contributed by atoms with Crippen LogP contribution in [0, 0.1) is 0 Å². The number of nitrogens with one attached hydrogen (secondary N) is 1. The summed E-state index contributed by atoms with van der Waals surface area (Å²) in [5.41, 5.74) is 5.16. The average Bonchev–Trinajstić information content (AvgIpc) is 3.21. The van der Waals surface area contributed by atoms with E-state index in [0.29, 0.717) is 17.5 Å². The lowest BCUT2D eigenvalue weighted by Gasteiger charge is -2.11. The third-order valence-corrected chi connectivity index (χ3v) is 7.39. The lowest BCUT2D eigenvalue weighted by molar-refractivity contribution is 0.595. The van der Waals surface area contributed by atoms with Crippen molar-refractivity contribution in [3.63, 3.8) is 0 Å². The van der Waals surface area contributed by atoms with Crippen LogP contribution in [0.1, 0.15) is 33.4 Å². The molecule has 0 aromatic heterocycles. The number of hydrogen-bond donors (Lipinski definition) is 3. The van der Waals surface area contributed by atoms with Crippen molar-refractivity contribution in [3.05, 3.63) is 94.0 Å². The highest BCUT2D eigenvalue weighted by Crippen LogP contribution is 2.26. The zero-order chi connectivity index (χ0) is 22.9. The van der Waals surface area contributed by atoms with Gasteiger partial charge in [-0.1, -0.05) is 60.7 Å². The van der Waals surface area contributed by atoms with Crippen molar-refractivity contribution in [3.8, 4) is 0 Å². The van der Waals surface area contributed by atoms with Gasteiger partial charge in [-0.05, 0) is 51.9 Å². The number of nitrogens with two attached hydrogens (primary N) is 2. The lowest BCUT2D eigenvalue weighted by Crippen LogP contribution is -2.14. The zero-order valence-electron chi connectivity index (χ0n) is 17.2. The molecule has 1 heterocycles. The molecular weight excluding hydrogens is 446 g/mol. The van der Waals surface area contributed by atoms with Gasteiger partial charge >= 0.3 is 0 Å². The maximum atomic E-state index is 12.3. The minimum absolute atomic E-state index is 0.0231. The molecule has 0 amide bonds. The van der Waals surface area contributed by atoms with Gasteiger partial charge in [-0.2, -0.15) is 0 Å². The minimum atomic E-state index is -4.01. The molecule has 0 unspecified atom stereocenters. The fourth-order valence-electron chi connectivity index (χ4n) is 3.92. The van der Waals surface area contributed by atoms with Crippen LogP contribution in [0.25, 0.3) is 12.2 Å². The van der Waals surface area contributed by atoms with Gasteiger partial charge in [-0.25, -0.2) is 27.1 Å². The molecule has 0 radical (unpaired) electrons. The molecule has 0 saturated carbocycles. The number of benzene rings is 3. The normalized spacial score (nSPS) is 14.1. The first-order valence-electron chi connectivity index (χ1n) is 9.89. The van der Waals surface area contributed by atoms with Crippen molar-refractivity contribution in [1.29, 1.82) is 0 Å². The molecule has 166 valence electrons. The first-order valence-corrected chi connectivity index (χ1v) is 13.0. The van der Waals surface area contributed by atoms with Gasteiger partial charge in [-0.3, -0.25) is 0 Å². The van der Waals surface area contributed by atoms with E-state index >= 15 is 0 Å². The summed E-state index contributed by atoms with van der Waals surface area (Å²) in [6, 6.07) is 17.4. The van der Waals surface area contributed by atoms with Crippen LogP contribution in [0.5, 0.6) is 0 Å². The molecule has 0 atom stereocenters. The molecule has 3 aromatic carbocycles. The van der Waals surface area contributed by atoms with Crippen LogP contribution in [-0.4, -0.2) is 16.8 Å². The molecule has 0 bridgehead atoms. The number of sulfonamides is 2. The Balaban J connectivity index is 1.71. The second kappa shape index (κ2) is 8.61. The van der Waals surface area contributed by atoms with E-state index in [4.69, 9.17) is 10.3 Å². The van der Waals surface area contributed by atoms with Gasteiger partial charge in [0.05, 0.1) is 9.79 Å². The van der Waals surface area contributed by atoms with E-state index in [0.717, 1.165) is 24.2 Å². The molecule has 9 heteroatoms. The van der Waals surface area contributed by atoms with Crippen LogP contribution in [0.2, 0.25) is 0 Å². The SMILES string of the molecule is NS(=O)(=O)c1ccccc1C=Cc1ccc(Cc2cccc3c2CNC3)cc1S(N)(=O)=O. The molecule has 5 N–H and O–H groups in total. The van der Waals surface area contributed by atoms with Gasteiger partial charge in [0.15, 0.2) is 0 Å². The first kappa shape index (κ1) is 22.4. The van der Waals surface area contributed by atoms with E-state index in [2.05, 4.69) is 11.4 Å². The summed E-state index contributed by atoms with van der Waals surface area (Å²) in [6.45, 7) is 1.62. The fourth-order valence-corrected chi connectivity index (χ4v) is 5.43. The summed E-state index contributed by atoms with van der Waals surface area (Å²) in [6.07, 6.45) is 3.61. The summed E-state index contributed by atoms with van der Waals surface area (Å²) in [5.74, 6) is 0. The number of primary sulfonamides is 2. The smallest absolute Gasteiger partial charge is 0.238 e. The molecule has 0 saturated heterocycles. The third kappa shape index (κ3) is 4.82. The lowest BCUT2D eigenvalue weighted by atomic mass is 9.97. The van der Waals surface area contributed by atoms with Crippen LogP contribution in [0.15, 0.2) is 70.5 Å². The van der Waals surface area contributed by atoms with Crippen LogP contribution in [0.4, 0.5) is 0 Å². The van der Waals surface area contributed by atoms with Crippen molar-refractivity contribution in [2.45, 2.75) is 29.3 Å². The standard InChI is InChI=1S/C23H23N3O4S2/c24-31(27,28)22-7-2-1-4-17(22)10-11-18-9-8-16(13-23(18)32(25,29)30)12-19-5-3-6-20-14-26-15-21(19)20/h1-11,13,26H,12,14-15H2,(H2,24,27,28)(H2,25,29,30). The molecule has 4 rings (SSSR count). The summed E-state index contributed by atoms with van der Waals surface area (Å²) >= 11 is 0. The van der Waals surface area contributed by atoms with E-state index < -0.39 is 20.0 Å². The van der Waals surface area contributed by atoms with E-state index in [1.54, 1.807) is 30.3 Å². The Morgan fingerprint density at radius 3 is 2.19 bits per heavy atom. The van der Waals surface area contributed by atoms with Gasteiger partial charge in [0, 0.05) is 13.1 Å². The van der Waals surface area contributed by atoms with E-state index in [9.17, 15) is 16.8 Å². The largest absolute Gasteiger partial charge is 0.309 e. The van der Waals surface area contributed by atoms with Crippen molar-refractivity contribution in [1.82, 2.24) is 5.32 Å². The van der Waals surface area contributed by atoms with Gasteiger partial charge in [-0.15, -0.1) is 0 Å². The zero-order valence-corrected chi connectivity index (χ0v) is 18.8. The summed E-state index contributed by atoms with van der Waals surface area (Å²) in [7, 11) is -7.93. The highest BCUT2D eigenvalue weighted by molar-refractivity contribution is 7.89. The molecule has 0 aliphatic carbocycles. The Kier molecular flexibility index (Phi) is 6.02. The van der Waals surface area contributed by atoms with E-state index in [1.807, 2.05) is 18.2 Å². The van der Waals surface area contributed by atoms with Gasteiger partial charge in [0.2, 0.25) is 20.0 Å². The predicted octanol–water partition coefficient (Wildman–Crippen LogP) is 2.35. The van der Waals surface area contributed by atoms with Gasteiger partial charge < -0.3 is 5.32 Å². The van der Waals surface area contributed by atoms with Gasteiger partial charge in [0.25, 0.3) is 0 Å². The Morgan fingerprint density at radius 1 is 0.781 bits per heavy atom. The number of rotatable bonds is 6. The topological polar surface area (TPSA) is 132 Å². The van der Waals surface area contributed by atoms with E-state index in [-0.39, 0.29) is 9.79 Å². The fraction of sp³-hybridized carbons (Fsp3) is 0.130. The van der Waals surface area contributed by atoms with Crippen molar-refractivity contribution in [2.75, 3.05) is 0 Å². The van der Waals surface area contributed by atoms with Crippen LogP contribution in [0.3, 0.4) is 0 Å². The molecule has 1 aliphatic heterocycles. The summed E-state index contributed by atoms with van der Waals surface area (Å²) in [5, 5.41) is 14.1. The van der Waals surface area contributed by atoms with Crippen LogP contribution >= 0.6 is 0 Å². The Labute approximate surface area is 187 Å². The molecule has 32 heavy (non-hydrogen) atoms. The summed E-state index contributed by atoms with van der Waals surface area (Å²) < 4.78 is 48.2. The second-order valence-electron chi connectivity index (χ2n) is 7.67. The first-order chi connectivity index (χ1) is 15.1.